The Morgan fingerprint density at radius 3 is 2.71 bits per heavy atom. The summed E-state index contributed by atoms with van der Waals surface area (Å²) in [6.07, 6.45) is 0. The Kier molecular flexibility index (Phi) is 3.82. The van der Waals surface area contributed by atoms with Gasteiger partial charge in [-0.05, 0) is 36.1 Å². The van der Waals surface area contributed by atoms with E-state index in [2.05, 4.69) is 4.98 Å². The highest BCUT2D eigenvalue weighted by atomic mass is 32.2. The molecule has 0 radical (unpaired) electrons. The summed E-state index contributed by atoms with van der Waals surface area (Å²) in [4.78, 5) is 16.8. The summed E-state index contributed by atoms with van der Waals surface area (Å²) in [7, 11) is 1.73. The smallest absolute Gasteiger partial charge is 0.271 e. The van der Waals surface area contributed by atoms with Gasteiger partial charge in [-0.3, -0.25) is 9.36 Å². The Morgan fingerprint density at radius 2 is 2.00 bits per heavy atom. The van der Waals surface area contributed by atoms with Gasteiger partial charge in [-0.25, -0.2) is 9.37 Å². The number of hydrogen-bond donors (Lipinski definition) is 0. The first kappa shape index (κ1) is 14.3. The molecule has 3 aromatic rings. The van der Waals surface area contributed by atoms with Gasteiger partial charge in [0.1, 0.15) is 10.5 Å². The number of hydrogen-bond acceptors (Lipinski definition) is 4. The average molecular weight is 320 g/mol. The molecule has 0 aliphatic heterocycles. The van der Waals surface area contributed by atoms with E-state index in [1.165, 1.54) is 35.2 Å². The maximum atomic E-state index is 13.0. The lowest BCUT2D eigenvalue weighted by molar-refractivity contribution is 0.627. The van der Waals surface area contributed by atoms with E-state index in [1.54, 1.807) is 23.7 Å². The third kappa shape index (κ3) is 2.73. The predicted molar refractivity (Wildman–Crippen MR) is 85.5 cm³/mol. The quantitative estimate of drug-likeness (QED) is 0.541. The topological polar surface area (TPSA) is 34.9 Å². The molecule has 3 rings (SSSR count). The molecule has 0 aliphatic rings. The van der Waals surface area contributed by atoms with E-state index < -0.39 is 0 Å². The first-order valence-electron chi connectivity index (χ1n) is 6.42. The third-order valence-electron chi connectivity index (χ3n) is 3.27. The molecule has 21 heavy (non-hydrogen) atoms. The molecule has 0 N–H and O–H groups in total. The summed E-state index contributed by atoms with van der Waals surface area (Å²) in [5, 5.41) is 2.62. The van der Waals surface area contributed by atoms with Crippen molar-refractivity contribution in [3.05, 3.63) is 57.4 Å². The molecule has 1 atom stereocenters. The maximum Gasteiger partial charge on any atom is 0.271 e. The number of fused-ring (bicyclic) bond motifs is 1. The normalized spacial score (nSPS) is 12.7. The highest BCUT2D eigenvalue weighted by molar-refractivity contribution is 7.99. The van der Waals surface area contributed by atoms with Crippen molar-refractivity contribution < 1.29 is 4.39 Å². The lowest BCUT2D eigenvalue weighted by atomic mass is 10.2. The lowest BCUT2D eigenvalue weighted by Gasteiger charge is -2.13. The van der Waals surface area contributed by atoms with Crippen LogP contribution in [0.15, 0.2) is 45.7 Å². The molecule has 0 amide bonds. The minimum Gasteiger partial charge on any atom is -0.289 e. The third-order valence-corrected chi connectivity index (χ3v) is 5.36. The molecular formula is C15H13FN2OS2. The van der Waals surface area contributed by atoms with Crippen molar-refractivity contribution in [1.29, 1.82) is 0 Å². The number of thiophene rings is 1. The number of nitrogens with zero attached hydrogens (tertiary/aromatic N) is 2. The Morgan fingerprint density at radius 1 is 1.29 bits per heavy atom. The van der Waals surface area contributed by atoms with Crippen molar-refractivity contribution in [3.8, 4) is 0 Å². The van der Waals surface area contributed by atoms with Crippen molar-refractivity contribution in [2.45, 2.75) is 17.3 Å². The standard InChI is InChI=1S/C15H13FN2OS2/c1-9(10-3-5-11(16)6-4-10)21-15-17-12-7-8-20-13(12)14(19)18(15)2/h3-9H,1-2H3. The van der Waals surface area contributed by atoms with Gasteiger partial charge >= 0.3 is 0 Å². The fourth-order valence-electron chi connectivity index (χ4n) is 2.03. The molecule has 3 nitrogen and oxygen atoms in total. The van der Waals surface area contributed by atoms with Gasteiger partial charge in [0.15, 0.2) is 5.16 Å². The van der Waals surface area contributed by atoms with E-state index in [4.69, 9.17) is 0 Å². The summed E-state index contributed by atoms with van der Waals surface area (Å²) < 4.78 is 15.2. The van der Waals surface area contributed by atoms with Gasteiger partial charge < -0.3 is 0 Å². The highest BCUT2D eigenvalue weighted by Gasteiger charge is 2.14. The van der Waals surface area contributed by atoms with Gasteiger partial charge in [-0.1, -0.05) is 23.9 Å². The molecule has 1 aromatic carbocycles. The molecule has 2 aromatic heterocycles. The van der Waals surface area contributed by atoms with Gasteiger partial charge in [-0.2, -0.15) is 0 Å². The summed E-state index contributed by atoms with van der Waals surface area (Å²) in [6, 6.07) is 8.26. The van der Waals surface area contributed by atoms with Crippen molar-refractivity contribution >= 4 is 33.3 Å². The summed E-state index contributed by atoms with van der Waals surface area (Å²) >= 11 is 2.90. The number of halogens is 1. The van der Waals surface area contributed by atoms with Gasteiger partial charge in [0, 0.05) is 12.3 Å². The van der Waals surface area contributed by atoms with Gasteiger partial charge in [0.25, 0.3) is 5.56 Å². The van der Waals surface area contributed by atoms with Crippen LogP contribution in [0.4, 0.5) is 4.39 Å². The monoisotopic (exact) mass is 320 g/mol. The van der Waals surface area contributed by atoms with Crippen molar-refractivity contribution in [2.75, 3.05) is 0 Å². The molecule has 0 saturated carbocycles. The zero-order chi connectivity index (χ0) is 15.0. The number of rotatable bonds is 3. The number of thioether (sulfide) groups is 1. The van der Waals surface area contributed by atoms with Crippen molar-refractivity contribution in [2.24, 2.45) is 7.05 Å². The number of benzene rings is 1. The first-order valence-corrected chi connectivity index (χ1v) is 8.18. The van der Waals surface area contributed by atoms with Crippen molar-refractivity contribution in [1.82, 2.24) is 9.55 Å². The van der Waals surface area contributed by atoms with Gasteiger partial charge in [0.05, 0.1) is 5.52 Å². The van der Waals surface area contributed by atoms with Crippen molar-refractivity contribution in [3.63, 3.8) is 0 Å². The van der Waals surface area contributed by atoms with Gasteiger partial charge in [-0.15, -0.1) is 11.3 Å². The zero-order valence-electron chi connectivity index (χ0n) is 11.5. The Labute approximate surface area is 129 Å². The lowest BCUT2D eigenvalue weighted by Crippen LogP contribution is -2.19. The fraction of sp³-hybridized carbons (Fsp3) is 0.200. The summed E-state index contributed by atoms with van der Waals surface area (Å²) in [5.74, 6) is -0.249. The number of aromatic nitrogens is 2. The second-order valence-corrected chi connectivity index (χ2v) is 6.93. The maximum absolute atomic E-state index is 13.0. The zero-order valence-corrected chi connectivity index (χ0v) is 13.2. The fourth-order valence-corrected chi connectivity index (χ4v) is 3.84. The van der Waals surface area contributed by atoms with E-state index in [0.29, 0.717) is 9.86 Å². The largest absolute Gasteiger partial charge is 0.289 e. The molecular weight excluding hydrogens is 307 g/mol. The van der Waals surface area contributed by atoms with Crippen LogP contribution in [0.5, 0.6) is 0 Å². The second-order valence-electron chi connectivity index (χ2n) is 4.71. The van der Waals surface area contributed by atoms with E-state index in [0.717, 1.165) is 11.1 Å². The highest BCUT2D eigenvalue weighted by Crippen LogP contribution is 2.33. The van der Waals surface area contributed by atoms with Crippen LogP contribution >= 0.6 is 23.1 Å². The van der Waals surface area contributed by atoms with E-state index in [-0.39, 0.29) is 16.6 Å². The second kappa shape index (κ2) is 5.61. The minimum atomic E-state index is -0.249. The van der Waals surface area contributed by atoms with Crippen LogP contribution in [0.2, 0.25) is 0 Å². The molecule has 1 unspecified atom stereocenters. The Hall–Kier alpha value is -1.66. The minimum absolute atomic E-state index is 0.0243. The molecule has 6 heteroatoms. The molecule has 0 bridgehead atoms. The molecule has 0 saturated heterocycles. The van der Waals surface area contributed by atoms with E-state index in [1.807, 2.05) is 18.4 Å². The SMILES string of the molecule is CC(Sc1nc2ccsc2c(=O)n1C)c1ccc(F)cc1. The van der Waals surface area contributed by atoms with Gasteiger partial charge in [0.2, 0.25) is 0 Å². The van der Waals surface area contributed by atoms with Crippen LogP contribution in [-0.4, -0.2) is 9.55 Å². The van der Waals surface area contributed by atoms with Crippen LogP contribution in [0, 0.1) is 5.82 Å². The molecule has 0 aliphatic carbocycles. The first-order chi connectivity index (χ1) is 10.1. The van der Waals surface area contributed by atoms with Crippen LogP contribution in [0.1, 0.15) is 17.7 Å². The van der Waals surface area contributed by atoms with Crippen LogP contribution in [-0.2, 0) is 7.05 Å². The Bertz CT molecular complexity index is 839. The summed E-state index contributed by atoms with van der Waals surface area (Å²) in [5.41, 5.74) is 1.71. The molecule has 108 valence electrons. The average Bonchev–Trinajstić information content (AvgIpc) is 2.93. The van der Waals surface area contributed by atoms with E-state index >= 15 is 0 Å². The van der Waals surface area contributed by atoms with Crippen LogP contribution in [0.25, 0.3) is 10.2 Å². The van der Waals surface area contributed by atoms with E-state index in [9.17, 15) is 9.18 Å². The predicted octanol–water partition coefficient (Wildman–Crippen LogP) is 3.99. The molecule has 0 fully saturated rings. The molecule has 2 heterocycles. The Balaban J connectivity index is 1.95. The van der Waals surface area contributed by atoms with Crippen LogP contribution in [0.3, 0.4) is 0 Å². The van der Waals surface area contributed by atoms with Crippen LogP contribution < -0.4 is 5.56 Å². The molecule has 0 spiro atoms. The summed E-state index contributed by atoms with van der Waals surface area (Å²) in [6.45, 7) is 2.02.